The van der Waals surface area contributed by atoms with Crippen molar-refractivity contribution >= 4 is 41.6 Å². The van der Waals surface area contributed by atoms with Crippen LogP contribution in [0.15, 0.2) is 60.7 Å². The number of carbonyl (C=O) groups excluding carboxylic acids is 2. The highest BCUT2D eigenvalue weighted by Crippen LogP contribution is 2.32. The van der Waals surface area contributed by atoms with Gasteiger partial charge in [0.05, 0.1) is 34.8 Å². The van der Waals surface area contributed by atoms with Crippen molar-refractivity contribution in [2.75, 3.05) is 26.0 Å². The lowest BCUT2D eigenvalue weighted by Crippen LogP contribution is -2.22. The van der Waals surface area contributed by atoms with Gasteiger partial charge < -0.3 is 20.2 Å². The Balaban J connectivity index is -0.000000639. The van der Waals surface area contributed by atoms with Crippen LogP contribution < -0.4 is 15.4 Å². The molecule has 6 nitrogen and oxygen atoms in total. The fourth-order valence-electron chi connectivity index (χ4n) is 4.42. The van der Waals surface area contributed by atoms with E-state index in [4.69, 9.17) is 32.7 Å². The van der Waals surface area contributed by atoms with Gasteiger partial charge in [-0.05, 0) is 73.9 Å². The lowest BCUT2D eigenvalue weighted by Gasteiger charge is -2.23. The van der Waals surface area contributed by atoms with Crippen LogP contribution in [0, 0.1) is 34.3 Å². The third-order valence-corrected chi connectivity index (χ3v) is 6.91. The van der Waals surface area contributed by atoms with E-state index in [2.05, 4.69) is 44.4 Å². The van der Waals surface area contributed by atoms with E-state index in [1.165, 1.54) is 18.2 Å². The molecule has 10 heteroatoms. The van der Waals surface area contributed by atoms with Crippen molar-refractivity contribution < 1.29 is 23.1 Å². The smallest absolute Gasteiger partial charge is 0.251 e. The van der Waals surface area contributed by atoms with Crippen LogP contribution in [0.1, 0.15) is 103 Å². The van der Waals surface area contributed by atoms with Crippen LogP contribution in [0.2, 0.25) is 10.0 Å². The number of anilines is 1. The lowest BCUT2D eigenvalue weighted by molar-refractivity contribution is -0.0980. The molecule has 3 aromatic rings. The summed E-state index contributed by atoms with van der Waals surface area (Å²) in [6.07, 6.45) is 2.69. The molecule has 1 amide bonds. The predicted octanol–water partition coefficient (Wildman–Crippen LogP) is 11.8. The molecule has 3 rings (SSSR count). The molecule has 274 valence electrons. The van der Waals surface area contributed by atoms with Gasteiger partial charge in [-0.1, -0.05) is 103 Å². The molecule has 49 heavy (non-hydrogen) atoms. The maximum Gasteiger partial charge on any atom is 0.251 e. The van der Waals surface area contributed by atoms with E-state index in [9.17, 15) is 18.8 Å². The number of hydrogen-bond donors (Lipinski definition) is 2. The molecule has 0 saturated carbocycles. The molecule has 0 aliphatic heterocycles. The summed E-state index contributed by atoms with van der Waals surface area (Å²) in [5, 5.41) is 15.3. The average Bonchev–Trinajstić information content (AvgIpc) is 3.10. The number of nitriles is 1. The summed E-state index contributed by atoms with van der Waals surface area (Å²) in [5.41, 5.74) is 2.17. The lowest BCUT2D eigenvalue weighted by atomic mass is 9.82. The van der Waals surface area contributed by atoms with Crippen molar-refractivity contribution in [2.45, 2.75) is 87.5 Å². The van der Waals surface area contributed by atoms with E-state index in [-0.39, 0.29) is 27.2 Å². The number of halogens is 4. The van der Waals surface area contributed by atoms with Crippen molar-refractivity contribution in [1.82, 2.24) is 5.32 Å². The van der Waals surface area contributed by atoms with Crippen molar-refractivity contribution in [3.63, 3.8) is 0 Å². The molecule has 0 aromatic heterocycles. The summed E-state index contributed by atoms with van der Waals surface area (Å²) >= 11 is 11.1. The fraction of sp³-hybridized carbons (Fsp3) is 0.462. The van der Waals surface area contributed by atoms with Crippen LogP contribution in [0.3, 0.4) is 0 Å². The van der Waals surface area contributed by atoms with Gasteiger partial charge in [0, 0.05) is 24.7 Å². The van der Waals surface area contributed by atoms with Gasteiger partial charge >= 0.3 is 0 Å². The Morgan fingerprint density at radius 2 is 1.53 bits per heavy atom. The second-order valence-electron chi connectivity index (χ2n) is 11.2. The zero-order valence-electron chi connectivity index (χ0n) is 31.1. The minimum atomic E-state index is -0.454. The van der Waals surface area contributed by atoms with Gasteiger partial charge in [0.1, 0.15) is 24.2 Å². The van der Waals surface area contributed by atoms with E-state index in [1.807, 2.05) is 54.5 Å². The normalized spacial score (nSPS) is 10.7. The maximum atomic E-state index is 14.0. The van der Waals surface area contributed by atoms with Gasteiger partial charge in [0.2, 0.25) is 0 Å². The molecule has 0 heterocycles. The molecule has 0 radical (unpaired) electrons. The highest BCUT2D eigenvalue weighted by Gasteiger charge is 2.20. The molecule has 0 aliphatic rings. The van der Waals surface area contributed by atoms with Gasteiger partial charge in [-0.25, -0.2) is 8.78 Å². The monoisotopic (exact) mass is 723 g/mol. The van der Waals surface area contributed by atoms with Gasteiger partial charge in [0.25, 0.3) is 5.91 Å². The van der Waals surface area contributed by atoms with E-state index in [0.717, 1.165) is 18.5 Å². The van der Waals surface area contributed by atoms with Crippen molar-refractivity contribution in [3.8, 4) is 11.8 Å². The number of nitrogens with zero attached hydrogens (tertiary/aromatic N) is 1. The summed E-state index contributed by atoms with van der Waals surface area (Å²) < 4.78 is 31.3. The molecule has 3 aromatic carbocycles. The summed E-state index contributed by atoms with van der Waals surface area (Å²) in [6.45, 7) is 21.3. The second kappa shape index (κ2) is 29.3. The number of hydrogen-bond acceptors (Lipinski definition) is 5. The van der Waals surface area contributed by atoms with E-state index in [0.29, 0.717) is 35.8 Å². The molecule has 1 unspecified atom stereocenters. The first-order chi connectivity index (χ1) is 23.3. The highest BCUT2D eigenvalue weighted by atomic mass is 35.5. The van der Waals surface area contributed by atoms with Crippen molar-refractivity contribution in [2.24, 2.45) is 11.3 Å². The Morgan fingerprint density at radius 1 is 0.959 bits per heavy atom. The maximum absolute atomic E-state index is 14.0. The van der Waals surface area contributed by atoms with Crippen LogP contribution in [0.5, 0.6) is 5.75 Å². The number of amides is 1. The van der Waals surface area contributed by atoms with Crippen molar-refractivity contribution in [1.29, 1.82) is 5.26 Å². The summed E-state index contributed by atoms with van der Waals surface area (Å²) in [4.78, 5) is 19.5. The van der Waals surface area contributed by atoms with E-state index < -0.39 is 11.7 Å². The zero-order valence-corrected chi connectivity index (χ0v) is 32.7. The number of ether oxygens (including phenoxy) is 1. The minimum Gasteiger partial charge on any atom is -0.495 e. The van der Waals surface area contributed by atoms with Crippen molar-refractivity contribution in [3.05, 3.63) is 93.5 Å². The second-order valence-corrected chi connectivity index (χ2v) is 12.0. The molecule has 0 aliphatic carbocycles. The van der Waals surface area contributed by atoms with Gasteiger partial charge in [-0.3, -0.25) is 4.79 Å². The Morgan fingerprint density at radius 3 is 1.98 bits per heavy atom. The van der Waals surface area contributed by atoms with Crippen LogP contribution in [0.25, 0.3) is 0 Å². The first kappa shape index (κ1) is 49.7. The molecule has 0 bridgehead atoms. The first-order valence-corrected chi connectivity index (χ1v) is 17.2. The third kappa shape index (κ3) is 21.1. The number of methoxy groups -OCH3 is 1. The Labute approximate surface area is 304 Å². The molecule has 0 fully saturated rings. The van der Waals surface area contributed by atoms with Gasteiger partial charge in [-0.15, -0.1) is 0 Å². The van der Waals surface area contributed by atoms with Gasteiger partial charge in [-0.2, -0.15) is 5.26 Å². The standard InChI is InChI=1S/C17H23ClFN.C11H16N2O2.C6H4ClF.2C2H6.CH2O/c1-12(10-17(2,3)4)8-9-13(11-20)14-6-5-7-15(18)16(14)19;1-4-13-11(14)8-5-6-9(12-2)10(7-8)15-3;7-5-3-1-2-4-6(5)8;3*1-2/h5-7,12-13H,8-10H2,1-4H3;5-7,12H,4H2,1-3H3,(H,13,14);1-4H;2*1-2H3;1H2/t12-,13?;;;;;/m0...../s1. The van der Waals surface area contributed by atoms with Crippen LogP contribution in [-0.2, 0) is 4.79 Å². The van der Waals surface area contributed by atoms with E-state index in [1.54, 1.807) is 43.5 Å². The topological polar surface area (TPSA) is 91.2 Å². The molecule has 2 atom stereocenters. The van der Waals surface area contributed by atoms with Crippen LogP contribution in [0.4, 0.5) is 14.5 Å². The molecule has 0 spiro atoms. The summed E-state index contributed by atoms with van der Waals surface area (Å²) in [7, 11) is 3.39. The Hall–Kier alpha value is -3.67. The molecular formula is C39H57Cl2F2N3O3. The van der Waals surface area contributed by atoms with Crippen LogP contribution in [-0.4, -0.2) is 33.4 Å². The first-order valence-electron chi connectivity index (χ1n) is 16.4. The zero-order chi connectivity index (χ0) is 38.6. The fourth-order valence-corrected chi connectivity index (χ4v) is 4.74. The molecule has 0 saturated heterocycles. The largest absolute Gasteiger partial charge is 0.495 e. The summed E-state index contributed by atoms with van der Waals surface area (Å²) in [6, 6.07) is 18.5. The molecular weight excluding hydrogens is 667 g/mol. The average molecular weight is 725 g/mol. The predicted molar refractivity (Wildman–Crippen MR) is 204 cm³/mol. The Kier molecular flexibility index (Phi) is 29.7. The number of nitrogens with one attached hydrogen (secondary N) is 2. The quantitative estimate of drug-likeness (QED) is 0.229. The number of benzene rings is 3. The third-order valence-electron chi connectivity index (χ3n) is 6.32. The summed E-state index contributed by atoms with van der Waals surface area (Å²) in [5.74, 6) is -0.137. The minimum absolute atomic E-state index is 0.0848. The van der Waals surface area contributed by atoms with Gasteiger partial charge in [0.15, 0.2) is 0 Å². The molecule has 2 N–H and O–H groups in total. The highest BCUT2D eigenvalue weighted by molar-refractivity contribution is 6.31. The Bertz CT molecular complexity index is 1340. The SMILES string of the molecule is C=O.CC.CC.CCNC(=O)c1ccc(NC)c(OC)c1.C[C@@H](CCC(C#N)c1cccc(Cl)c1F)CC(C)(C)C.Fc1ccccc1Cl. The number of rotatable bonds is 9. The number of carbonyl (C=O) groups is 2. The van der Waals surface area contributed by atoms with E-state index >= 15 is 0 Å². The van der Waals surface area contributed by atoms with Crippen LogP contribution >= 0.6 is 23.2 Å².